The van der Waals surface area contributed by atoms with Crippen LogP contribution < -0.4 is 5.48 Å². The van der Waals surface area contributed by atoms with Crippen LogP contribution in [0.5, 0.6) is 0 Å². The van der Waals surface area contributed by atoms with E-state index in [1.165, 1.54) is 0 Å². The number of ether oxygens (including phenoxy) is 1. The van der Waals surface area contributed by atoms with Crippen LogP contribution >= 0.6 is 0 Å². The number of rotatable bonds is 4. The second-order valence-corrected chi connectivity index (χ2v) is 4.78. The monoisotopic (exact) mass is 237 g/mol. The molecule has 17 heavy (non-hydrogen) atoms. The van der Waals surface area contributed by atoms with Gasteiger partial charge in [-0.3, -0.25) is 9.63 Å². The number of hydrogen-bond donors (Lipinski definition) is 1. The van der Waals surface area contributed by atoms with Gasteiger partial charge in [0.2, 0.25) is 0 Å². The molecule has 0 aromatic heterocycles. The van der Waals surface area contributed by atoms with Gasteiger partial charge in [-0.1, -0.05) is 12.1 Å². The van der Waals surface area contributed by atoms with Crippen LogP contribution in [0.4, 0.5) is 0 Å². The van der Waals surface area contributed by atoms with E-state index < -0.39 is 5.60 Å². The third kappa shape index (κ3) is 4.97. The first kappa shape index (κ1) is 13.7. The fourth-order valence-electron chi connectivity index (χ4n) is 1.23. The summed E-state index contributed by atoms with van der Waals surface area (Å²) >= 11 is 0. The fraction of sp³-hybridized carbons (Fsp3) is 0.462. The summed E-state index contributed by atoms with van der Waals surface area (Å²) in [5, 5.41) is 0. The lowest BCUT2D eigenvalue weighted by atomic mass is 10.1. The third-order valence-corrected chi connectivity index (χ3v) is 1.95. The zero-order valence-corrected chi connectivity index (χ0v) is 10.7. The number of carbonyl (C=O) groups is 1. The number of carbonyl (C=O) groups excluding carboxylic acids is 1. The second-order valence-electron chi connectivity index (χ2n) is 4.78. The van der Waals surface area contributed by atoms with E-state index in [-0.39, 0.29) is 5.91 Å². The van der Waals surface area contributed by atoms with E-state index in [2.05, 4.69) is 5.48 Å². The predicted molar refractivity (Wildman–Crippen MR) is 65.5 cm³/mol. The minimum Gasteiger partial charge on any atom is -0.380 e. The topological polar surface area (TPSA) is 47.6 Å². The molecular weight excluding hydrogens is 218 g/mol. The van der Waals surface area contributed by atoms with Crippen LogP contribution in [0.1, 0.15) is 36.7 Å². The highest BCUT2D eigenvalue weighted by atomic mass is 16.7. The Labute approximate surface area is 102 Å². The molecule has 1 rings (SSSR count). The Morgan fingerprint density at radius 3 is 2.65 bits per heavy atom. The Bertz CT molecular complexity index is 382. The molecule has 1 aromatic rings. The van der Waals surface area contributed by atoms with Crippen molar-refractivity contribution in [3.63, 3.8) is 0 Å². The number of methoxy groups -OCH3 is 1. The van der Waals surface area contributed by atoms with Crippen LogP contribution in [-0.2, 0) is 16.2 Å². The average molecular weight is 237 g/mol. The molecule has 0 spiro atoms. The van der Waals surface area contributed by atoms with Gasteiger partial charge in [-0.25, -0.2) is 5.48 Å². The molecule has 4 heteroatoms. The van der Waals surface area contributed by atoms with Crippen molar-refractivity contribution in [2.75, 3.05) is 7.11 Å². The molecule has 0 heterocycles. The molecule has 0 atom stereocenters. The highest BCUT2D eigenvalue weighted by Crippen LogP contribution is 2.08. The van der Waals surface area contributed by atoms with E-state index in [0.717, 1.165) is 5.56 Å². The van der Waals surface area contributed by atoms with Gasteiger partial charge in [-0.05, 0) is 38.5 Å². The van der Waals surface area contributed by atoms with Crippen molar-refractivity contribution in [3.8, 4) is 0 Å². The van der Waals surface area contributed by atoms with Gasteiger partial charge in [-0.2, -0.15) is 0 Å². The summed E-state index contributed by atoms with van der Waals surface area (Å²) in [6.07, 6.45) is 0. The summed E-state index contributed by atoms with van der Waals surface area (Å²) in [5.74, 6) is -0.252. The van der Waals surface area contributed by atoms with Crippen LogP contribution in [-0.4, -0.2) is 18.6 Å². The minimum absolute atomic E-state index is 0.252. The van der Waals surface area contributed by atoms with E-state index in [1.54, 1.807) is 19.2 Å². The SMILES string of the molecule is COCc1cccc(C(=O)NOC(C)(C)C)c1. The second kappa shape index (κ2) is 5.80. The number of nitrogens with one attached hydrogen (secondary N) is 1. The number of benzene rings is 1. The lowest BCUT2D eigenvalue weighted by Gasteiger charge is -2.19. The van der Waals surface area contributed by atoms with Gasteiger partial charge in [0.05, 0.1) is 12.2 Å². The molecule has 1 aromatic carbocycles. The van der Waals surface area contributed by atoms with Crippen molar-refractivity contribution in [2.45, 2.75) is 33.0 Å². The summed E-state index contributed by atoms with van der Waals surface area (Å²) < 4.78 is 5.01. The molecule has 0 bridgehead atoms. The van der Waals surface area contributed by atoms with E-state index in [1.807, 2.05) is 32.9 Å². The standard InChI is InChI=1S/C13H19NO3/c1-13(2,3)17-14-12(15)11-7-5-6-10(8-11)9-16-4/h5-8H,9H2,1-4H3,(H,14,15). The molecule has 4 nitrogen and oxygen atoms in total. The van der Waals surface area contributed by atoms with E-state index in [0.29, 0.717) is 12.2 Å². The highest BCUT2D eigenvalue weighted by Gasteiger charge is 2.13. The molecule has 0 unspecified atom stereocenters. The maximum atomic E-state index is 11.8. The van der Waals surface area contributed by atoms with Crippen molar-refractivity contribution in [1.29, 1.82) is 0 Å². The van der Waals surface area contributed by atoms with Gasteiger partial charge in [0.15, 0.2) is 0 Å². The first-order valence-corrected chi connectivity index (χ1v) is 5.48. The van der Waals surface area contributed by atoms with Gasteiger partial charge >= 0.3 is 0 Å². The van der Waals surface area contributed by atoms with Gasteiger partial charge in [0, 0.05) is 12.7 Å². The number of hydroxylamine groups is 1. The van der Waals surface area contributed by atoms with Gasteiger partial charge in [0.1, 0.15) is 0 Å². The molecule has 0 radical (unpaired) electrons. The molecule has 0 aliphatic heterocycles. The van der Waals surface area contributed by atoms with Crippen LogP contribution in [0.25, 0.3) is 0 Å². The normalized spacial score (nSPS) is 11.3. The maximum Gasteiger partial charge on any atom is 0.274 e. The van der Waals surface area contributed by atoms with Crippen molar-refractivity contribution in [3.05, 3.63) is 35.4 Å². The lowest BCUT2D eigenvalue weighted by molar-refractivity contribution is -0.0589. The van der Waals surface area contributed by atoms with Gasteiger partial charge < -0.3 is 4.74 Å². The Kier molecular flexibility index (Phi) is 4.66. The van der Waals surface area contributed by atoms with Crippen molar-refractivity contribution in [2.24, 2.45) is 0 Å². The Morgan fingerprint density at radius 1 is 1.35 bits per heavy atom. The van der Waals surface area contributed by atoms with Crippen molar-refractivity contribution < 1.29 is 14.4 Å². The van der Waals surface area contributed by atoms with Crippen molar-refractivity contribution >= 4 is 5.91 Å². The van der Waals surface area contributed by atoms with Gasteiger partial charge in [-0.15, -0.1) is 0 Å². The number of amides is 1. The van der Waals surface area contributed by atoms with Crippen LogP contribution in [0.15, 0.2) is 24.3 Å². The average Bonchev–Trinajstić information content (AvgIpc) is 2.26. The minimum atomic E-state index is -0.403. The first-order valence-electron chi connectivity index (χ1n) is 5.48. The van der Waals surface area contributed by atoms with Crippen molar-refractivity contribution in [1.82, 2.24) is 5.48 Å². The molecule has 1 amide bonds. The summed E-state index contributed by atoms with van der Waals surface area (Å²) in [7, 11) is 1.62. The highest BCUT2D eigenvalue weighted by molar-refractivity contribution is 5.93. The zero-order valence-electron chi connectivity index (χ0n) is 10.7. The van der Waals surface area contributed by atoms with Crippen LogP contribution in [0.3, 0.4) is 0 Å². The quantitative estimate of drug-likeness (QED) is 0.817. The van der Waals surface area contributed by atoms with E-state index >= 15 is 0 Å². The smallest absolute Gasteiger partial charge is 0.274 e. The van der Waals surface area contributed by atoms with Gasteiger partial charge in [0.25, 0.3) is 5.91 Å². The predicted octanol–water partition coefficient (Wildman–Crippen LogP) is 2.29. The Hall–Kier alpha value is -1.39. The Morgan fingerprint density at radius 2 is 2.06 bits per heavy atom. The molecule has 1 N–H and O–H groups in total. The summed E-state index contributed by atoms with van der Waals surface area (Å²) in [5.41, 5.74) is 3.54. The lowest BCUT2D eigenvalue weighted by Crippen LogP contribution is -2.33. The molecule has 0 saturated heterocycles. The molecule has 0 fully saturated rings. The summed E-state index contributed by atoms with van der Waals surface area (Å²) in [4.78, 5) is 17.0. The summed E-state index contributed by atoms with van der Waals surface area (Å²) in [6.45, 7) is 6.10. The largest absolute Gasteiger partial charge is 0.380 e. The third-order valence-electron chi connectivity index (χ3n) is 1.95. The van der Waals surface area contributed by atoms with E-state index in [4.69, 9.17) is 9.57 Å². The van der Waals surface area contributed by atoms with E-state index in [9.17, 15) is 4.79 Å². The molecular formula is C13H19NO3. The maximum absolute atomic E-state index is 11.8. The van der Waals surface area contributed by atoms with Crippen LogP contribution in [0, 0.1) is 0 Å². The molecule has 94 valence electrons. The molecule has 0 saturated carbocycles. The molecule has 0 aliphatic carbocycles. The summed E-state index contributed by atoms with van der Waals surface area (Å²) in [6, 6.07) is 7.25. The molecule has 0 aliphatic rings. The fourth-order valence-corrected chi connectivity index (χ4v) is 1.23. The first-order chi connectivity index (χ1) is 7.92. The zero-order chi connectivity index (χ0) is 12.9. The Balaban J connectivity index is 2.65. The van der Waals surface area contributed by atoms with Crippen LogP contribution in [0.2, 0.25) is 0 Å². The number of hydrogen-bond acceptors (Lipinski definition) is 3.